The van der Waals surface area contributed by atoms with Crippen LogP contribution in [0.1, 0.15) is 90.9 Å². The Bertz CT molecular complexity index is 729. The minimum absolute atomic E-state index is 0.115. The van der Waals surface area contributed by atoms with Gasteiger partial charge in [0, 0.05) is 11.8 Å². The number of allylic oxidation sites excluding steroid dienone is 3. The van der Waals surface area contributed by atoms with Gasteiger partial charge in [-0.05, 0) is 87.9 Å². The van der Waals surface area contributed by atoms with Crippen molar-refractivity contribution < 1.29 is 15.0 Å². The molecule has 0 heterocycles. The van der Waals surface area contributed by atoms with E-state index in [9.17, 15) is 9.90 Å². The van der Waals surface area contributed by atoms with E-state index in [0.29, 0.717) is 24.2 Å². The number of carbonyl (C=O) groups is 1. The molecule has 3 fully saturated rings. The molecule has 3 nitrogen and oxygen atoms in total. The molecule has 0 aliphatic heterocycles. The molecule has 3 heteroatoms. The minimum Gasteiger partial charge on any atom is -0.481 e. The molecule has 0 unspecified atom stereocenters. The number of terminal acetylenes is 1. The molecule has 0 saturated heterocycles. The zero-order chi connectivity index (χ0) is 21.9. The van der Waals surface area contributed by atoms with Crippen molar-refractivity contribution in [3.05, 3.63) is 23.8 Å². The van der Waals surface area contributed by atoms with Crippen molar-refractivity contribution >= 4 is 5.97 Å². The van der Waals surface area contributed by atoms with Gasteiger partial charge in [0.25, 0.3) is 0 Å². The Hall–Kier alpha value is -1.53. The summed E-state index contributed by atoms with van der Waals surface area (Å²) in [4.78, 5) is 9.76. The SMILES string of the molecule is C#C[C@]1(O)CC[C@H]2[C@@H]3CCC4=CCCC[C@@H]4[C@H]3C(=C)C[C@@]21CC.CCCCC(=O)O. The summed E-state index contributed by atoms with van der Waals surface area (Å²) in [5.74, 6) is 4.79. The maximum absolute atomic E-state index is 11.2. The molecule has 0 radical (unpaired) electrons. The zero-order valence-corrected chi connectivity index (χ0v) is 19.0. The van der Waals surface area contributed by atoms with E-state index >= 15 is 0 Å². The number of hydrogen-bond acceptors (Lipinski definition) is 2. The smallest absolute Gasteiger partial charge is 0.303 e. The van der Waals surface area contributed by atoms with E-state index in [1.807, 2.05) is 6.92 Å². The second kappa shape index (κ2) is 9.31. The molecule has 4 aliphatic carbocycles. The number of aliphatic hydroxyl groups is 1. The molecule has 2 N–H and O–H groups in total. The van der Waals surface area contributed by atoms with E-state index < -0.39 is 11.6 Å². The van der Waals surface area contributed by atoms with Crippen molar-refractivity contribution in [1.82, 2.24) is 0 Å². The number of carboxylic acids is 1. The standard InChI is InChI=1S/C22H30O.C5H10O2/c1-4-21-14-15(3)20-17-9-7-6-8-16(17)10-11-18(20)19(21)12-13-22(21,23)5-2;1-2-3-4-5(6)7/h2,8,17-20,23H,3-4,6-7,9-14H2,1H3;2-4H2,1H3,(H,6,7)/t17-,18-,19-,20+,21-,22-;/m0./s1. The maximum atomic E-state index is 11.2. The molecule has 0 aromatic rings. The van der Waals surface area contributed by atoms with Crippen LogP contribution < -0.4 is 0 Å². The molecule has 4 rings (SSSR count). The van der Waals surface area contributed by atoms with E-state index in [1.165, 1.54) is 37.7 Å². The van der Waals surface area contributed by atoms with Crippen molar-refractivity contribution in [2.45, 2.75) is 96.5 Å². The Labute approximate surface area is 183 Å². The molecule has 3 saturated carbocycles. The van der Waals surface area contributed by atoms with Gasteiger partial charge in [-0.1, -0.05) is 50.0 Å². The first-order chi connectivity index (χ1) is 14.3. The van der Waals surface area contributed by atoms with Crippen LogP contribution in [0.3, 0.4) is 0 Å². The average Bonchev–Trinajstić information content (AvgIpc) is 3.05. The highest BCUT2D eigenvalue weighted by Crippen LogP contribution is 2.67. The molecule has 0 aromatic carbocycles. The summed E-state index contributed by atoms with van der Waals surface area (Å²) < 4.78 is 0. The van der Waals surface area contributed by atoms with Crippen LogP contribution in [0.5, 0.6) is 0 Å². The number of fused-ring (bicyclic) bond motifs is 5. The molecule has 4 aliphatic rings. The Morgan fingerprint density at radius 2 is 2.10 bits per heavy atom. The van der Waals surface area contributed by atoms with Gasteiger partial charge in [-0.15, -0.1) is 6.42 Å². The van der Waals surface area contributed by atoms with E-state index in [1.54, 1.807) is 5.57 Å². The number of carboxylic acid groups (broad SMARTS) is 1. The van der Waals surface area contributed by atoms with Gasteiger partial charge in [0.2, 0.25) is 0 Å². The van der Waals surface area contributed by atoms with Gasteiger partial charge < -0.3 is 10.2 Å². The highest BCUT2D eigenvalue weighted by molar-refractivity contribution is 5.66. The van der Waals surface area contributed by atoms with Gasteiger partial charge in [-0.25, -0.2) is 0 Å². The first-order valence-electron chi connectivity index (χ1n) is 12.1. The van der Waals surface area contributed by atoms with Crippen LogP contribution in [0.15, 0.2) is 23.8 Å². The van der Waals surface area contributed by atoms with Crippen molar-refractivity contribution in [2.24, 2.45) is 29.1 Å². The maximum Gasteiger partial charge on any atom is 0.303 e. The van der Waals surface area contributed by atoms with Crippen LogP contribution in [0, 0.1) is 41.4 Å². The highest BCUT2D eigenvalue weighted by atomic mass is 16.4. The van der Waals surface area contributed by atoms with Crippen LogP contribution in [0.4, 0.5) is 0 Å². The van der Waals surface area contributed by atoms with Crippen molar-refractivity contribution in [3.8, 4) is 12.3 Å². The summed E-state index contributed by atoms with van der Waals surface area (Å²) in [7, 11) is 0. The van der Waals surface area contributed by atoms with E-state index in [0.717, 1.165) is 44.4 Å². The number of unbranched alkanes of at least 4 members (excludes halogenated alkanes) is 1. The fourth-order valence-electron chi connectivity index (χ4n) is 7.35. The minimum atomic E-state index is -0.914. The first kappa shape index (κ1) is 23.1. The number of rotatable bonds is 4. The van der Waals surface area contributed by atoms with Crippen molar-refractivity contribution in [2.75, 3.05) is 0 Å². The third kappa shape index (κ3) is 3.89. The van der Waals surface area contributed by atoms with Crippen LogP contribution in [0.2, 0.25) is 0 Å². The zero-order valence-electron chi connectivity index (χ0n) is 19.0. The fraction of sp³-hybridized carbons (Fsp3) is 0.741. The molecule has 0 spiro atoms. The Morgan fingerprint density at radius 3 is 2.70 bits per heavy atom. The summed E-state index contributed by atoms with van der Waals surface area (Å²) in [6.07, 6.45) is 20.7. The van der Waals surface area contributed by atoms with Crippen LogP contribution in [0.25, 0.3) is 0 Å². The predicted octanol–water partition coefficient (Wildman–Crippen LogP) is 6.13. The molecule has 0 aromatic heterocycles. The van der Waals surface area contributed by atoms with E-state index in [4.69, 9.17) is 11.5 Å². The molecule has 30 heavy (non-hydrogen) atoms. The fourth-order valence-corrected chi connectivity index (χ4v) is 7.35. The lowest BCUT2D eigenvalue weighted by atomic mass is 9.48. The average molecular weight is 413 g/mol. The Kier molecular flexibility index (Phi) is 7.18. The van der Waals surface area contributed by atoms with E-state index in [-0.39, 0.29) is 5.41 Å². The lowest BCUT2D eigenvalue weighted by Crippen LogP contribution is -2.54. The lowest BCUT2D eigenvalue weighted by molar-refractivity contribution is -0.137. The molecule has 166 valence electrons. The molecule has 6 atom stereocenters. The summed E-state index contributed by atoms with van der Waals surface area (Å²) in [5, 5.41) is 19.2. The predicted molar refractivity (Wildman–Crippen MR) is 122 cm³/mol. The van der Waals surface area contributed by atoms with Gasteiger partial charge in [0.1, 0.15) is 5.60 Å². The first-order valence-corrected chi connectivity index (χ1v) is 12.1. The third-order valence-corrected chi connectivity index (χ3v) is 8.76. The quantitative estimate of drug-likeness (QED) is 0.431. The monoisotopic (exact) mass is 412 g/mol. The lowest BCUT2D eigenvalue weighted by Gasteiger charge is -2.56. The second-order valence-corrected chi connectivity index (χ2v) is 10.0. The second-order valence-electron chi connectivity index (χ2n) is 10.0. The normalized spacial score (nSPS) is 39.4. The van der Waals surface area contributed by atoms with Gasteiger partial charge in [0.15, 0.2) is 0 Å². The van der Waals surface area contributed by atoms with E-state index in [2.05, 4.69) is 25.5 Å². The molecule has 0 amide bonds. The summed E-state index contributed by atoms with van der Waals surface area (Å²) in [6.45, 7) is 8.74. The van der Waals surface area contributed by atoms with Crippen LogP contribution in [-0.2, 0) is 4.79 Å². The third-order valence-electron chi connectivity index (χ3n) is 8.76. The van der Waals surface area contributed by atoms with Gasteiger partial charge in [-0.2, -0.15) is 0 Å². The van der Waals surface area contributed by atoms with Gasteiger partial charge in [-0.3, -0.25) is 4.79 Å². The topological polar surface area (TPSA) is 57.5 Å². The number of aliphatic carboxylic acids is 1. The molecular weight excluding hydrogens is 372 g/mol. The largest absolute Gasteiger partial charge is 0.481 e. The summed E-state index contributed by atoms with van der Waals surface area (Å²) in [6, 6.07) is 0. The van der Waals surface area contributed by atoms with Gasteiger partial charge >= 0.3 is 5.97 Å². The highest BCUT2D eigenvalue weighted by Gasteiger charge is 2.64. The van der Waals surface area contributed by atoms with Crippen LogP contribution in [-0.4, -0.2) is 21.8 Å². The number of hydrogen-bond donors (Lipinski definition) is 2. The molecular formula is C27H40O3. The van der Waals surface area contributed by atoms with Crippen LogP contribution >= 0.6 is 0 Å². The Balaban J connectivity index is 0.000000318. The summed E-state index contributed by atoms with van der Waals surface area (Å²) >= 11 is 0. The van der Waals surface area contributed by atoms with Crippen molar-refractivity contribution in [1.29, 1.82) is 0 Å². The molecule has 0 bridgehead atoms. The summed E-state index contributed by atoms with van der Waals surface area (Å²) in [5.41, 5.74) is 2.08. The van der Waals surface area contributed by atoms with Crippen molar-refractivity contribution in [3.63, 3.8) is 0 Å². The van der Waals surface area contributed by atoms with Gasteiger partial charge in [0.05, 0.1) is 0 Å². The Morgan fingerprint density at radius 1 is 1.33 bits per heavy atom.